The van der Waals surface area contributed by atoms with Gasteiger partial charge in [-0.05, 0) is 38.1 Å². The molecular weight excluding hydrogens is 416 g/mol. The fraction of sp³-hybridized carbons (Fsp3) is 0.280. The Morgan fingerprint density at radius 3 is 2.67 bits per heavy atom. The van der Waals surface area contributed by atoms with Crippen LogP contribution in [-0.2, 0) is 4.74 Å². The van der Waals surface area contributed by atoms with Gasteiger partial charge in [0.2, 0.25) is 5.95 Å². The molecule has 0 spiro atoms. The summed E-state index contributed by atoms with van der Waals surface area (Å²) in [5.41, 5.74) is 4.33. The van der Waals surface area contributed by atoms with Crippen molar-refractivity contribution in [2.45, 2.75) is 19.9 Å². The lowest BCUT2D eigenvalue weighted by molar-refractivity contribution is 0.0981. The molecule has 0 radical (unpaired) electrons. The van der Waals surface area contributed by atoms with Crippen molar-refractivity contribution >= 4 is 17.7 Å². The predicted molar refractivity (Wildman–Crippen MR) is 128 cm³/mol. The quantitative estimate of drug-likeness (QED) is 0.618. The van der Waals surface area contributed by atoms with Crippen molar-refractivity contribution in [1.82, 2.24) is 15.3 Å². The van der Waals surface area contributed by atoms with E-state index in [1.54, 1.807) is 6.07 Å². The third-order valence-corrected chi connectivity index (χ3v) is 5.44. The number of aromatic nitrogens is 2. The Bertz CT molecular complexity index is 1170. The lowest BCUT2D eigenvalue weighted by atomic mass is 10.0. The highest BCUT2D eigenvalue weighted by Gasteiger charge is 2.23. The molecule has 1 unspecified atom stereocenters. The van der Waals surface area contributed by atoms with Crippen molar-refractivity contribution in [3.63, 3.8) is 0 Å². The standard InChI is InChI=1S/C25H26N6O2/c1-3-27-25(32)28-20-10-8-18(9-11-20)22-14-23(21-7-5-4-6-19(21)15-26)30-24(29-22)31-12-13-33-16-17(31)2/h4-11,14,17H,3,12-13,16H2,1-2H3,(H2,27,28,32). The van der Waals surface area contributed by atoms with Gasteiger partial charge < -0.3 is 20.3 Å². The van der Waals surface area contributed by atoms with Crippen LogP contribution in [0.15, 0.2) is 54.6 Å². The normalized spacial score (nSPS) is 15.5. The van der Waals surface area contributed by atoms with Crippen molar-refractivity contribution in [2.24, 2.45) is 0 Å². The third kappa shape index (κ3) is 5.10. The van der Waals surface area contributed by atoms with E-state index in [4.69, 9.17) is 14.7 Å². The molecule has 4 rings (SSSR count). The van der Waals surface area contributed by atoms with E-state index in [-0.39, 0.29) is 12.1 Å². The number of carbonyl (C=O) groups excluding carboxylic acids is 1. The fourth-order valence-electron chi connectivity index (χ4n) is 3.74. The monoisotopic (exact) mass is 442 g/mol. The van der Waals surface area contributed by atoms with Gasteiger partial charge in [0.05, 0.1) is 42.3 Å². The van der Waals surface area contributed by atoms with Gasteiger partial charge >= 0.3 is 6.03 Å². The van der Waals surface area contributed by atoms with Gasteiger partial charge in [0, 0.05) is 29.9 Å². The van der Waals surface area contributed by atoms with E-state index in [0.717, 1.165) is 16.8 Å². The first-order chi connectivity index (χ1) is 16.1. The largest absolute Gasteiger partial charge is 0.377 e. The van der Waals surface area contributed by atoms with Gasteiger partial charge in [-0.3, -0.25) is 0 Å². The molecule has 1 aliphatic rings. The van der Waals surface area contributed by atoms with Crippen LogP contribution in [0.2, 0.25) is 0 Å². The van der Waals surface area contributed by atoms with E-state index in [2.05, 4.69) is 28.5 Å². The lowest BCUT2D eigenvalue weighted by Gasteiger charge is -2.33. The Labute approximate surface area is 193 Å². The minimum Gasteiger partial charge on any atom is -0.377 e. The van der Waals surface area contributed by atoms with Gasteiger partial charge in [0.25, 0.3) is 0 Å². The van der Waals surface area contributed by atoms with Crippen LogP contribution in [0.25, 0.3) is 22.5 Å². The van der Waals surface area contributed by atoms with Crippen LogP contribution in [0.5, 0.6) is 0 Å². The number of nitrogens with zero attached hydrogens (tertiary/aromatic N) is 4. The first-order valence-corrected chi connectivity index (χ1v) is 11.0. The summed E-state index contributed by atoms with van der Waals surface area (Å²) >= 11 is 0. The summed E-state index contributed by atoms with van der Waals surface area (Å²) in [7, 11) is 0. The second kappa shape index (κ2) is 10.1. The number of anilines is 2. The Hall–Kier alpha value is -3.96. The highest BCUT2D eigenvalue weighted by Crippen LogP contribution is 2.30. The number of nitrogens with one attached hydrogen (secondary N) is 2. The number of benzene rings is 2. The van der Waals surface area contributed by atoms with Crippen molar-refractivity contribution in [3.8, 4) is 28.6 Å². The summed E-state index contributed by atoms with van der Waals surface area (Å²) in [6, 6.07) is 19.0. The molecule has 8 heteroatoms. The zero-order valence-electron chi connectivity index (χ0n) is 18.7. The van der Waals surface area contributed by atoms with Gasteiger partial charge in [0.1, 0.15) is 0 Å². The van der Waals surface area contributed by atoms with E-state index in [1.807, 2.05) is 55.5 Å². The average Bonchev–Trinajstić information content (AvgIpc) is 2.84. The Morgan fingerprint density at radius 2 is 1.94 bits per heavy atom. The van der Waals surface area contributed by atoms with Crippen molar-refractivity contribution in [3.05, 3.63) is 60.2 Å². The van der Waals surface area contributed by atoms with E-state index >= 15 is 0 Å². The number of rotatable bonds is 5. The number of ether oxygens (including phenoxy) is 1. The van der Waals surface area contributed by atoms with Crippen molar-refractivity contribution < 1.29 is 9.53 Å². The first kappa shape index (κ1) is 22.2. The summed E-state index contributed by atoms with van der Waals surface area (Å²) in [4.78, 5) is 23.6. The van der Waals surface area contributed by atoms with Crippen molar-refractivity contribution in [1.29, 1.82) is 5.26 Å². The molecule has 0 bridgehead atoms. The number of hydrogen-bond donors (Lipinski definition) is 2. The van der Waals surface area contributed by atoms with Gasteiger partial charge in [-0.15, -0.1) is 0 Å². The van der Waals surface area contributed by atoms with E-state index in [0.29, 0.717) is 49.2 Å². The number of urea groups is 1. The maximum absolute atomic E-state index is 11.8. The molecule has 0 saturated carbocycles. The number of amides is 2. The second-order valence-corrected chi connectivity index (χ2v) is 7.77. The lowest BCUT2D eigenvalue weighted by Crippen LogP contribution is -2.44. The second-order valence-electron chi connectivity index (χ2n) is 7.77. The van der Waals surface area contributed by atoms with Crippen LogP contribution in [0.3, 0.4) is 0 Å². The summed E-state index contributed by atoms with van der Waals surface area (Å²) < 4.78 is 5.58. The maximum Gasteiger partial charge on any atom is 0.319 e. The van der Waals surface area contributed by atoms with E-state index in [9.17, 15) is 10.1 Å². The predicted octanol–water partition coefficient (Wildman–Crippen LogP) is 4.05. The highest BCUT2D eigenvalue weighted by molar-refractivity contribution is 5.89. The molecular formula is C25H26N6O2. The molecule has 2 heterocycles. The Balaban J connectivity index is 1.75. The van der Waals surface area contributed by atoms with Crippen molar-refractivity contribution in [2.75, 3.05) is 36.5 Å². The van der Waals surface area contributed by atoms with Crippen LogP contribution in [0.4, 0.5) is 16.4 Å². The Kier molecular flexibility index (Phi) is 6.81. The smallest absolute Gasteiger partial charge is 0.319 e. The van der Waals surface area contributed by atoms with Crippen LogP contribution >= 0.6 is 0 Å². The van der Waals surface area contributed by atoms with Gasteiger partial charge in [-0.2, -0.15) is 5.26 Å². The van der Waals surface area contributed by atoms with Gasteiger partial charge in [-0.25, -0.2) is 14.8 Å². The summed E-state index contributed by atoms with van der Waals surface area (Å²) in [6.45, 7) is 6.42. The van der Waals surface area contributed by atoms with Crippen LogP contribution in [0, 0.1) is 11.3 Å². The molecule has 2 N–H and O–H groups in total. The zero-order chi connectivity index (χ0) is 23.2. The molecule has 1 atom stereocenters. The van der Waals surface area contributed by atoms with E-state index in [1.165, 1.54) is 0 Å². The molecule has 0 aliphatic carbocycles. The molecule has 168 valence electrons. The summed E-state index contributed by atoms with van der Waals surface area (Å²) in [5, 5.41) is 15.1. The zero-order valence-corrected chi connectivity index (χ0v) is 18.7. The van der Waals surface area contributed by atoms with E-state index < -0.39 is 0 Å². The molecule has 3 aromatic rings. The molecule has 2 amide bonds. The summed E-state index contributed by atoms with van der Waals surface area (Å²) in [5.74, 6) is 0.607. The van der Waals surface area contributed by atoms with Gasteiger partial charge in [0.15, 0.2) is 0 Å². The molecule has 2 aromatic carbocycles. The molecule has 1 aromatic heterocycles. The Morgan fingerprint density at radius 1 is 1.18 bits per heavy atom. The molecule has 8 nitrogen and oxygen atoms in total. The molecule has 1 aliphatic heterocycles. The maximum atomic E-state index is 11.8. The molecule has 33 heavy (non-hydrogen) atoms. The number of hydrogen-bond acceptors (Lipinski definition) is 6. The number of morpholine rings is 1. The highest BCUT2D eigenvalue weighted by atomic mass is 16.5. The summed E-state index contributed by atoms with van der Waals surface area (Å²) in [6.07, 6.45) is 0. The van der Waals surface area contributed by atoms with Crippen LogP contribution in [-0.4, -0.2) is 48.3 Å². The van der Waals surface area contributed by atoms with Crippen LogP contribution < -0.4 is 15.5 Å². The minimum absolute atomic E-state index is 0.136. The third-order valence-electron chi connectivity index (χ3n) is 5.44. The molecule has 1 saturated heterocycles. The minimum atomic E-state index is -0.244. The number of nitriles is 1. The first-order valence-electron chi connectivity index (χ1n) is 11.0. The number of carbonyl (C=O) groups is 1. The fourth-order valence-corrected chi connectivity index (χ4v) is 3.74. The average molecular weight is 443 g/mol. The topological polar surface area (TPSA) is 103 Å². The SMILES string of the molecule is CCNC(=O)Nc1ccc(-c2cc(-c3ccccc3C#N)nc(N3CCOCC3C)n2)cc1. The molecule has 1 fully saturated rings. The van der Waals surface area contributed by atoms with Crippen LogP contribution in [0.1, 0.15) is 19.4 Å². The van der Waals surface area contributed by atoms with Gasteiger partial charge in [-0.1, -0.05) is 30.3 Å².